The Morgan fingerprint density at radius 1 is 1.39 bits per heavy atom. The molecular weight excluding hydrogens is 258 g/mol. The quantitative estimate of drug-likeness (QED) is 0.822. The minimum absolute atomic E-state index is 0.0334. The van der Waals surface area contributed by atoms with E-state index in [1.165, 1.54) is 4.68 Å². The number of ether oxygens (including phenoxy) is 2. The van der Waals surface area contributed by atoms with Crippen LogP contribution in [0.15, 0.2) is 18.5 Å². The number of halogens is 1. The van der Waals surface area contributed by atoms with Gasteiger partial charge in [-0.05, 0) is 17.7 Å². The standard InChI is InChI=1S/C10H10ClN5O2/c11-8-13-9(16-4-1-3-12-16)15-10(14-8)18-7-2-5-17-6-7/h1,3-4,7H,2,5-6H2. The molecule has 3 rings (SSSR count). The molecule has 1 saturated heterocycles. The predicted octanol–water partition coefficient (Wildman–Crippen LogP) is 0.878. The second kappa shape index (κ2) is 4.87. The van der Waals surface area contributed by atoms with Gasteiger partial charge >= 0.3 is 6.01 Å². The zero-order chi connectivity index (χ0) is 12.4. The van der Waals surface area contributed by atoms with Crippen LogP contribution in [0, 0.1) is 0 Å². The van der Waals surface area contributed by atoms with Gasteiger partial charge in [0, 0.05) is 18.8 Å². The Labute approximate surface area is 108 Å². The predicted molar refractivity (Wildman–Crippen MR) is 61.8 cm³/mol. The molecule has 8 heteroatoms. The molecule has 1 aliphatic rings. The normalized spacial score (nSPS) is 19.1. The van der Waals surface area contributed by atoms with Crippen molar-refractivity contribution in [2.75, 3.05) is 13.2 Å². The summed E-state index contributed by atoms with van der Waals surface area (Å²) >= 11 is 5.84. The Bertz CT molecular complexity index is 527. The zero-order valence-electron chi connectivity index (χ0n) is 9.36. The molecule has 7 nitrogen and oxygen atoms in total. The molecule has 2 aromatic heterocycles. The molecule has 3 heterocycles. The Balaban J connectivity index is 1.86. The van der Waals surface area contributed by atoms with Gasteiger partial charge in [0.1, 0.15) is 6.10 Å². The summed E-state index contributed by atoms with van der Waals surface area (Å²) in [6.07, 6.45) is 4.13. The fourth-order valence-corrected chi connectivity index (χ4v) is 1.77. The molecule has 0 bridgehead atoms. The highest BCUT2D eigenvalue weighted by molar-refractivity contribution is 6.28. The van der Waals surface area contributed by atoms with E-state index in [4.69, 9.17) is 21.1 Å². The largest absolute Gasteiger partial charge is 0.457 e. The average molecular weight is 268 g/mol. The fraction of sp³-hybridized carbons (Fsp3) is 0.400. The van der Waals surface area contributed by atoms with E-state index in [0.717, 1.165) is 6.42 Å². The van der Waals surface area contributed by atoms with Gasteiger partial charge < -0.3 is 9.47 Å². The molecule has 0 aliphatic carbocycles. The lowest BCUT2D eigenvalue weighted by Gasteiger charge is -2.10. The number of hydrogen-bond acceptors (Lipinski definition) is 6. The monoisotopic (exact) mass is 267 g/mol. The Hall–Kier alpha value is -1.73. The molecule has 0 amide bonds. The third-order valence-electron chi connectivity index (χ3n) is 2.45. The van der Waals surface area contributed by atoms with Gasteiger partial charge in [0.05, 0.1) is 13.2 Å². The number of rotatable bonds is 3. The molecule has 0 spiro atoms. The van der Waals surface area contributed by atoms with Crippen molar-refractivity contribution >= 4 is 11.6 Å². The van der Waals surface area contributed by atoms with Gasteiger partial charge in [0.2, 0.25) is 5.28 Å². The van der Waals surface area contributed by atoms with Crippen molar-refractivity contribution in [3.63, 3.8) is 0 Å². The lowest BCUT2D eigenvalue weighted by molar-refractivity contribution is 0.134. The summed E-state index contributed by atoms with van der Waals surface area (Å²) < 4.78 is 12.3. The smallest absolute Gasteiger partial charge is 0.322 e. The SMILES string of the molecule is Clc1nc(OC2CCOC2)nc(-n2cccn2)n1. The van der Waals surface area contributed by atoms with Crippen molar-refractivity contribution < 1.29 is 9.47 Å². The molecule has 1 fully saturated rings. The van der Waals surface area contributed by atoms with Crippen LogP contribution in [0.4, 0.5) is 0 Å². The van der Waals surface area contributed by atoms with Crippen molar-refractivity contribution in [1.82, 2.24) is 24.7 Å². The number of nitrogens with zero attached hydrogens (tertiary/aromatic N) is 5. The van der Waals surface area contributed by atoms with Crippen LogP contribution >= 0.6 is 11.6 Å². The average Bonchev–Trinajstić information content (AvgIpc) is 3.00. The van der Waals surface area contributed by atoms with Gasteiger partial charge in [0.15, 0.2) is 0 Å². The minimum Gasteiger partial charge on any atom is -0.457 e. The van der Waals surface area contributed by atoms with Crippen LogP contribution < -0.4 is 4.74 Å². The number of hydrogen-bond donors (Lipinski definition) is 0. The lowest BCUT2D eigenvalue weighted by atomic mass is 10.3. The molecule has 0 aromatic carbocycles. The van der Waals surface area contributed by atoms with E-state index < -0.39 is 0 Å². The van der Waals surface area contributed by atoms with Crippen molar-refractivity contribution in [1.29, 1.82) is 0 Å². The second-order valence-corrected chi connectivity index (χ2v) is 4.08. The van der Waals surface area contributed by atoms with E-state index in [2.05, 4.69) is 20.1 Å². The molecule has 18 heavy (non-hydrogen) atoms. The molecule has 2 aromatic rings. The van der Waals surface area contributed by atoms with E-state index in [1.807, 2.05) is 0 Å². The Morgan fingerprint density at radius 3 is 3.06 bits per heavy atom. The summed E-state index contributed by atoms with van der Waals surface area (Å²) in [6.45, 7) is 1.23. The third kappa shape index (κ3) is 2.41. The number of aromatic nitrogens is 5. The topological polar surface area (TPSA) is 75.0 Å². The zero-order valence-corrected chi connectivity index (χ0v) is 10.1. The first kappa shape index (κ1) is 11.4. The van der Waals surface area contributed by atoms with E-state index in [1.54, 1.807) is 18.5 Å². The maximum atomic E-state index is 5.84. The van der Waals surface area contributed by atoms with Gasteiger partial charge in [0.25, 0.3) is 5.95 Å². The van der Waals surface area contributed by atoms with Gasteiger partial charge in [-0.25, -0.2) is 4.68 Å². The summed E-state index contributed by atoms with van der Waals surface area (Å²) in [5, 5.41) is 4.10. The van der Waals surface area contributed by atoms with Gasteiger partial charge in [-0.3, -0.25) is 0 Å². The molecule has 1 aliphatic heterocycles. The van der Waals surface area contributed by atoms with Crippen LogP contribution in [0.2, 0.25) is 5.28 Å². The van der Waals surface area contributed by atoms with E-state index >= 15 is 0 Å². The van der Waals surface area contributed by atoms with Crippen LogP contribution in [0.5, 0.6) is 6.01 Å². The minimum atomic E-state index is -0.0334. The summed E-state index contributed by atoms with van der Waals surface area (Å²) in [4.78, 5) is 12.1. The van der Waals surface area contributed by atoms with Crippen LogP contribution in [0.25, 0.3) is 5.95 Å². The first-order valence-electron chi connectivity index (χ1n) is 5.47. The van der Waals surface area contributed by atoms with Gasteiger partial charge in [-0.2, -0.15) is 20.1 Å². The van der Waals surface area contributed by atoms with Crippen molar-refractivity contribution in [2.45, 2.75) is 12.5 Å². The van der Waals surface area contributed by atoms with E-state index in [0.29, 0.717) is 19.2 Å². The molecule has 0 radical (unpaired) electrons. The molecular formula is C10H10ClN5O2. The summed E-state index contributed by atoms with van der Waals surface area (Å²) in [6, 6.07) is 1.96. The first-order chi connectivity index (χ1) is 8.81. The maximum Gasteiger partial charge on any atom is 0.322 e. The van der Waals surface area contributed by atoms with Crippen molar-refractivity contribution in [2.24, 2.45) is 0 Å². The van der Waals surface area contributed by atoms with Crippen LogP contribution in [-0.2, 0) is 4.74 Å². The van der Waals surface area contributed by atoms with Crippen molar-refractivity contribution in [3.05, 3.63) is 23.7 Å². The molecule has 0 N–H and O–H groups in total. The summed E-state index contributed by atoms with van der Waals surface area (Å²) in [5.74, 6) is 0.328. The van der Waals surface area contributed by atoms with E-state index in [-0.39, 0.29) is 17.4 Å². The van der Waals surface area contributed by atoms with Crippen LogP contribution in [0.1, 0.15) is 6.42 Å². The van der Waals surface area contributed by atoms with Gasteiger partial charge in [-0.15, -0.1) is 0 Å². The highest BCUT2D eigenvalue weighted by atomic mass is 35.5. The van der Waals surface area contributed by atoms with Gasteiger partial charge in [-0.1, -0.05) is 0 Å². The molecule has 0 saturated carbocycles. The molecule has 1 atom stereocenters. The summed E-state index contributed by atoms with van der Waals surface area (Å²) in [7, 11) is 0. The fourth-order valence-electron chi connectivity index (χ4n) is 1.62. The van der Waals surface area contributed by atoms with Crippen LogP contribution in [-0.4, -0.2) is 44.1 Å². The Kier molecular flexibility index (Phi) is 3.07. The maximum absolute atomic E-state index is 5.84. The second-order valence-electron chi connectivity index (χ2n) is 3.74. The molecule has 1 unspecified atom stereocenters. The Morgan fingerprint density at radius 2 is 2.33 bits per heavy atom. The lowest BCUT2D eigenvalue weighted by Crippen LogP contribution is -2.18. The highest BCUT2D eigenvalue weighted by Crippen LogP contribution is 2.15. The summed E-state index contributed by atoms with van der Waals surface area (Å²) in [5.41, 5.74) is 0. The van der Waals surface area contributed by atoms with E-state index in [9.17, 15) is 0 Å². The highest BCUT2D eigenvalue weighted by Gasteiger charge is 2.19. The van der Waals surface area contributed by atoms with Crippen molar-refractivity contribution in [3.8, 4) is 12.0 Å². The first-order valence-corrected chi connectivity index (χ1v) is 5.85. The third-order valence-corrected chi connectivity index (χ3v) is 2.61. The van der Waals surface area contributed by atoms with Crippen LogP contribution in [0.3, 0.4) is 0 Å². The molecule has 94 valence electrons.